The lowest BCUT2D eigenvalue weighted by atomic mass is 9.69. The Morgan fingerprint density at radius 3 is 2.35 bits per heavy atom. The Kier molecular flexibility index (Phi) is 7.65. The van der Waals surface area contributed by atoms with Gasteiger partial charge in [-0.15, -0.1) is 0 Å². The Morgan fingerprint density at radius 1 is 0.919 bits per heavy atom. The summed E-state index contributed by atoms with van der Waals surface area (Å²) in [7, 11) is 0. The molecule has 0 amide bonds. The molecule has 0 aromatic heterocycles. The van der Waals surface area contributed by atoms with Crippen molar-refractivity contribution in [1.82, 2.24) is 0 Å². The topological polar surface area (TPSA) is 65.0 Å². The number of carbonyl (C=O) groups excluding carboxylic acids is 2. The van der Waals surface area contributed by atoms with Crippen LogP contribution in [0.1, 0.15) is 42.7 Å². The van der Waals surface area contributed by atoms with Gasteiger partial charge in [0.15, 0.2) is 5.78 Å². The zero-order valence-corrected chi connectivity index (χ0v) is 22.2. The zero-order valence-electron chi connectivity index (χ0n) is 20.6. The van der Waals surface area contributed by atoms with E-state index in [9.17, 15) is 9.59 Å². The molecule has 0 spiro atoms. The molecule has 1 heterocycles. The molecule has 5 nitrogen and oxygen atoms in total. The number of esters is 1. The molecular weight excluding hydrogens is 530 g/mol. The van der Waals surface area contributed by atoms with E-state index in [4.69, 9.17) is 14.5 Å². The van der Waals surface area contributed by atoms with E-state index in [1.165, 1.54) is 0 Å². The molecule has 37 heavy (non-hydrogen) atoms. The van der Waals surface area contributed by atoms with Crippen molar-refractivity contribution in [2.75, 3.05) is 13.2 Å². The van der Waals surface area contributed by atoms with E-state index >= 15 is 0 Å². The second-order valence-corrected chi connectivity index (χ2v) is 10.3. The predicted molar refractivity (Wildman–Crippen MR) is 147 cm³/mol. The normalized spacial score (nSPS) is 21.2. The second kappa shape index (κ2) is 11.3. The lowest BCUT2D eigenvalue weighted by Gasteiger charge is -2.36. The van der Waals surface area contributed by atoms with Crippen LogP contribution in [-0.2, 0) is 14.3 Å². The molecule has 0 N–H and O–H groups in total. The molecule has 1 aliphatic carbocycles. The molecule has 188 valence electrons. The van der Waals surface area contributed by atoms with E-state index in [1.54, 1.807) is 0 Å². The first-order valence-corrected chi connectivity index (χ1v) is 13.3. The zero-order chi connectivity index (χ0) is 25.8. The summed E-state index contributed by atoms with van der Waals surface area (Å²) >= 11 is 3.55. The summed E-state index contributed by atoms with van der Waals surface area (Å²) < 4.78 is 12.2. The summed E-state index contributed by atoms with van der Waals surface area (Å²) in [6, 6.07) is 27.3. The third-order valence-corrected chi connectivity index (χ3v) is 7.45. The van der Waals surface area contributed by atoms with Crippen LogP contribution in [0.15, 0.2) is 106 Å². The van der Waals surface area contributed by atoms with Crippen molar-refractivity contribution < 1.29 is 19.1 Å². The molecule has 1 aliphatic heterocycles. The summed E-state index contributed by atoms with van der Waals surface area (Å²) in [6.07, 6.45) is 1.06. The van der Waals surface area contributed by atoms with Crippen LogP contribution in [0.4, 0.5) is 0 Å². The first-order valence-electron chi connectivity index (χ1n) is 12.5. The van der Waals surface area contributed by atoms with Gasteiger partial charge in [0, 0.05) is 33.8 Å². The number of hydrogen-bond acceptors (Lipinski definition) is 5. The van der Waals surface area contributed by atoms with Gasteiger partial charge in [-0.2, -0.15) is 0 Å². The third-order valence-electron chi connectivity index (χ3n) is 6.96. The van der Waals surface area contributed by atoms with Crippen molar-refractivity contribution in [3.63, 3.8) is 0 Å². The van der Waals surface area contributed by atoms with Gasteiger partial charge in [-0.25, -0.2) is 0 Å². The Balaban J connectivity index is 1.41. The fourth-order valence-corrected chi connectivity index (χ4v) is 5.71. The number of halogens is 1. The van der Waals surface area contributed by atoms with Crippen molar-refractivity contribution in [2.45, 2.75) is 31.6 Å². The molecule has 0 bridgehead atoms. The Bertz CT molecular complexity index is 1350. The number of hydrogen-bond donors (Lipinski definition) is 0. The number of benzene rings is 3. The molecule has 0 fully saturated rings. The van der Waals surface area contributed by atoms with Gasteiger partial charge >= 0.3 is 5.97 Å². The number of carbonyl (C=O) groups is 2. The average Bonchev–Trinajstić information content (AvgIpc) is 2.91. The number of rotatable bonds is 7. The van der Waals surface area contributed by atoms with Gasteiger partial charge in [0.25, 0.3) is 0 Å². The monoisotopic (exact) mass is 557 g/mol. The van der Waals surface area contributed by atoms with Crippen LogP contribution in [0.5, 0.6) is 5.75 Å². The molecule has 0 saturated heterocycles. The highest BCUT2D eigenvalue weighted by Gasteiger charge is 2.44. The maximum atomic E-state index is 13.7. The Labute approximate surface area is 225 Å². The number of ether oxygens (including phenoxy) is 2. The van der Waals surface area contributed by atoms with Crippen molar-refractivity contribution in [1.29, 1.82) is 0 Å². The highest BCUT2D eigenvalue weighted by molar-refractivity contribution is 9.10. The largest absolute Gasteiger partial charge is 0.490 e. The predicted octanol–water partition coefficient (Wildman–Crippen LogP) is 6.65. The van der Waals surface area contributed by atoms with Gasteiger partial charge < -0.3 is 9.47 Å². The average molecular weight is 558 g/mol. The molecule has 5 rings (SSSR count). The van der Waals surface area contributed by atoms with Crippen LogP contribution in [0.2, 0.25) is 0 Å². The molecule has 3 aromatic rings. The first kappa shape index (κ1) is 25.2. The molecule has 1 unspecified atom stereocenters. The van der Waals surface area contributed by atoms with Gasteiger partial charge in [0.2, 0.25) is 0 Å². The number of ketones is 1. The van der Waals surface area contributed by atoms with Crippen molar-refractivity contribution in [2.24, 2.45) is 10.9 Å². The summed E-state index contributed by atoms with van der Waals surface area (Å²) in [5.41, 5.74) is 4.11. The van der Waals surface area contributed by atoms with Gasteiger partial charge in [-0.1, -0.05) is 76.6 Å². The molecule has 2 aliphatic rings. The summed E-state index contributed by atoms with van der Waals surface area (Å²) in [4.78, 5) is 32.0. The van der Waals surface area contributed by atoms with Gasteiger partial charge in [0.1, 0.15) is 24.9 Å². The Hall–Kier alpha value is -3.51. The fraction of sp³-hybridized carbons (Fsp3) is 0.258. The van der Waals surface area contributed by atoms with E-state index in [2.05, 4.69) is 28.1 Å². The van der Waals surface area contributed by atoms with E-state index in [0.29, 0.717) is 24.1 Å². The van der Waals surface area contributed by atoms with E-state index in [-0.39, 0.29) is 24.9 Å². The number of allylic oxidation sites excluding steroid dienone is 2. The van der Waals surface area contributed by atoms with Gasteiger partial charge in [-0.05, 0) is 54.7 Å². The molecule has 3 atom stereocenters. The van der Waals surface area contributed by atoms with Crippen molar-refractivity contribution in [3.8, 4) is 5.75 Å². The maximum absolute atomic E-state index is 13.7. The van der Waals surface area contributed by atoms with E-state index < -0.39 is 17.8 Å². The van der Waals surface area contributed by atoms with Crippen molar-refractivity contribution >= 4 is 33.4 Å². The number of para-hydroxylation sites is 1. The van der Waals surface area contributed by atoms with Crippen LogP contribution in [-0.4, -0.2) is 30.7 Å². The minimum absolute atomic E-state index is 0.0431. The smallest absolute Gasteiger partial charge is 0.315 e. The lowest BCUT2D eigenvalue weighted by Crippen LogP contribution is -2.38. The molecule has 6 heteroatoms. The highest BCUT2D eigenvalue weighted by atomic mass is 79.9. The maximum Gasteiger partial charge on any atom is 0.315 e. The Morgan fingerprint density at radius 2 is 1.62 bits per heavy atom. The van der Waals surface area contributed by atoms with Crippen LogP contribution < -0.4 is 4.74 Å². The third kappa shape index (κ3) is 5.59. The highest BCUT2D eigenvalue weighted by Crippen LogP contribution is 2.47. The number of nitrogens with zero attached hydrogens (tertiary/aromatic N) is 1. The standard InChI is InChI=1S/C31H28BrNO4/c1-20-28(31(35)37-16-15-36-25-13-6-3-7-14-25)29(22-11-8-12-24(32)17-22)30-26(33-20)18-23(19-27(30)34)21-9-4-2-5-10-21/h2-14,17,23,28-29H,15-16,18-19H2,1H3/t23-,28?,29-/m0/s1. The first-order chi connectivity index (χ1) is 18.0. The summed E-state index contributed by atoms with van der Waals surface area (Å²) in [5.74, 6) is -0.685. The minimum atomic E-state index is -0.679. The number of aliphatic imine (C=N–C) groups is 1. The van der Waals surface area contributed by atoms with Gasteiger partial charge in [-0.3, -0.25) is 14.6 Å². The van der Waals surface area contributed by atoms with Crippen LogP contribution >= 0.6 is 15.9 Å². The second-order valence-electron chi connectivity index (χ2n) is 9.39. The van der Waals surface area contributed by atoms with Crippen LogP contribution in [0, 0.1) is 5.92 Å². The van der Waals surface area contributed by atoms with Crippen LogP contribution in [0.25, 0.3) is 0 Å². The molecule has 0 saturated carbocycles. The summed E-state index contributed by atoms with van der Waals surface area (Å²) in [6.45, 7) is 2.21. The van der Waals surface area contributed by atoms with Crippen molar-refractivity contribution in [3.05, 3.63) is 112 Å². The number of Topliss-reactive ketones (excluding diaryl/α,β-unsaturated/α-hetero) is 1. The van der Waals surface area contributed by atoms with Crippen LogP contribution in [0.3, 0.4) is 0 Å². The molecular formula is C31H28BrNO4. The minimum Gasteiger partial charge on any atom is -0.490 e. The fourth-order valence-electron chi connectivity index (χ4n) is 5.29. The molecule has 0 radical (unpaired) electrons. The van der Waals surface area contributed by atoms with E-state index in [1.807, 2.05) is 79.7 Å². The molecule has 3 aromatic carbocycles. The summed E-state index contributed by atoms with van der Waals surface area (Å²) in [5, 5.41) is 0. The lowest BCUT2D eigenvalue weighted by molar-refractivity contribution is -0.147. The van der Waals surface area contributed by atoms with E-state index in [0.717, 1.165) is 27.0 Å². The van der Waals surface area contributed by atoms with Gasteiger partial charge in [0.05, 0.1) is 0 Å². The quantitative estimate of drug-likeness (QED) is 0.241. The SMILES string of the molecule is CC1=NC2=C(C(=O)C[C@@H](c3ccccc3)C2)[C@@H](c2cccc(Br)c2)C1C(=O)OCCOc1ccccc1.